The molecule has 1 fully saturated rings. The number of ether oxygens (including phenoxy) is 2. The van der Waals surface area contributed by atoms with Crippen molar-refractivity contribution in [2.75, 3.05) is 25.6 Å². The van der Waals surface area contributed by atoms with E-state index in [1.165, 1.54) is 18.4 Å². The van der Waals surface area contributed by atoms with Crippen LogP contribution in [0.1, 0.15) is 30.4 Å². The lowest BCUT2D eigenvalue weighted by molar-refractivity contribution is -0.140. The van der Waals surface area contributed by atoms with Crippen molar-refractivity contribution in [3.8, 4) is 0 Å². The van der Waals surface area contributed by atoms with Crippen LogP contribution < -0.4 is 5.32 Å². The maximum absolute atomic E-state index is 10.9. The number of carbonyl (C=O) groups is 1. The number of methoxy groups -OCH3 is 1. The lowest BCUT2D eigenvalue weighted by atomic mass is 10.2. The van der Waals surface area contributed by atoms with E-state index in [4.69, 9.17) is 4.74 Å². The summed E-state index contributed by atoms with van der Waals surface area (Å²) < 4.78 is 10.1. The Morgan fingerprint density at radius 3 is 3.24 bits per heavy atom. The van der Waals surface area contributed by atoms with Crippen molar-refractivity contribution in [3.05, 3.63) is 5.01 Å². The maximum atomic E-state index is 10.9. The second-order valence-electron chi connectivity index (χ2n) is 3.70. The molecule has 1 aromatic heterocycles. The van der Waals surface area contributed by atoms with Gasteiger partial charge in [0.05, 0.1) is 13.5 Å². The average molecular weight is 257 g/mol. The lowest BCUT2D eigenvalue weighted by Gasteiger charge is -2.02. The molecule has 0 amide bonds. The van der Waals surface area contributed by atoms with Crippen LogP contribution in [0.25, 0.3) is 0 Å². The Hall–Kier alpha value is -1.21. The molecular weight excluding hydrogens is 242 g/mol. The van der Waals surface area contributed by atoms with Crippen molar-refractivity contribution in [2.45, 2.75) is 25.4 Å². The third-order valence-electron chi connectivity index (χ3n) is 2.48. The van der Waals surface area contributed by atoms with E-state index in [2.05, 4.69) is 20.3 Å². The molecule has 1 aliphatic heterocycles. The molecule has 1 saturated heterocycles. The lowest BCUT2D eigenvalue weighted by Crippen LogP contribution is -2.09. The molecule has 7 heteroatoms. The van der Waals surface area contributed by atoms with E-state index in [-0.39, 0.29) is 12.1 Å². The van der Waals surface area contributed by atoms with Crippen LogP contribution >= 0.6 is 11.3 Å². The number of hydrogen-bond acceptors (Lipinski definition) is 7. The van der Waals surface area contributed by atoms with Crippen molar-refractivity contribution in [1.82, 2.24) is 10.2 Å². The summed E-state index contributed by atoms with van der Waals surface area (Å²) in [6.45, 7) is 1.31. The SMILES string of the molecule is COC(=O)CCNc1nnc(C2CCCO2)s1. The Balaban J connectivity index is 1.79. The minimum atomic E-state index is -0.235. The second kappa shape index (κ2) is 5.92. The summed E-state index contributed by atoms with van der Waals surface area (Å²) in [5.41, 5.74) is 0. The van der Waals surface area contributed by atoms with Crippen LogP contribution in [0, 0.1) is 0 Å². The predicted octanol–water partition coefficient (Wildman–Crippen LogP) is 1.36. The summed E-state index contributed by atoms with van der Waals surface area (Å²) in [5, 5.41) is 12.8. The normalized spacial score (nSPS) is 19.2. The van der Waals surface area contributed by atoms with Crippen molar-refractivity contribution in [2.24, 2.45) is 0 Å². The van der Waals surface area contributed by atoms with Crippen LogP contribution in [-0.4, -0.2) is 36.4 Å². The molecule has 6 nitrogen and oxygen atoms in total. The molecule has 1 atom stereocenters. The molecule has 0 bridgehead atoms. The van der Waals surface area contributed by atoms with Gasteiger partial charge >= 0.3 is 5.97 Å². The van der Waals surface area contributed by atoms with Crippen molar-refractivity contribution in [3.63, 3.8) is 0 Å². The van der Waals surface area contributed by atoms with Gasteiger partial charge in [-0.1, -0.05) is 11.3 Å². The van der Waals surface area contributed by atoms with Crippen LogP contribution in [0.3, 0.4) is 0 Å². The summed E-state index contributed by atoms with van der Waals surface area (Å²) in [5.74, 6) is -0.235. The van der Waals surface area contributed by atoms with Gasteiger partial charge in [-0.05, 0) is 12.8 Å². The molecule has 1 unspecified atom stereocenters. The number of nitrogens with zero attached hydrogens (tertiary/aromatic N) is 2. The quantitative estimate of drug-likeness (QED) is 0.803. The highest BCUT2D eigenvalue weighted by Crippen LogP contribution is 2.31. The average Bonchev–Trinajstić information content (AvgIpc) is 2.98. The Morgan fingerprint density at radius 2 is 2.53 bits per heavy atom. The highest BCUT2D eigenvalue weighted by Gasteiger charge is 2.21. The van der Waals surface area contributed by atoms with Gasteiger partial charge in [0, 0.05) is 13.2 Å². The molecule has 2 heterocycles. The zero-order valence-corrected chi connectivity index (χ0v) is 10.5. The van der Waals surface area contributed by atoms with Gasteiger partial charge < -0.3 is 14.8 Å². The highest BCUT2D eigenvalue weighted by atomic mass is 32.1. The van der Waals surface area contributed by atoms with E-state index in [0.717, 1.165) is 29.6 Å². The van der Waals surface area contributed by atoms with Gasteiger partial charge in [0.1, 0.15) is 11.1 Å². The number of nitrogens with one attached hydrogen (secondary N) is 1. The van der Waals surface area contributed by atoms with Crippen LogP contribution in [-0.2, 0) is 14.3 Å². The molecule has 94 valence electrons. The summed E-state index contributed by atoms with van der Waals surface area (Å²) >= 11 is 1.48. The third-order valence-corrected chi connectivity index (χ3v) is 3.45. The topological polar surface area (TPSA) is 73.3 Å². The van der Waals surface area contributed by atoms with E-state index in [1.807, 2.05) is 0 Å². The molecule has 0 aliphatic carbocycles. The third kappa shape index (κ3) is 3.37. The first-order valence-corrected chi connectivity index (χ1v) is 6.37. The fraction of sp³-hybridized carbons (Fsp3) is 0.700. The van der Waals surface area contributed by atoms with E-state index in [0.29, 0.717) is 13.0 Å². The summed E-state index contributed by atoms with van der Waals surface area (Å²) in [4.78, 5) is 10.9. The number of aromatic nitrogens is 2. The molecule has 1 aliphatic rings. The largest absolute Gasteiger partial charge is 0.469 e. The number of carbonyl (C=O) groups excluding carboxylic acids is 1. The Morgan fingerprint density at radius 1 is 1.65 bits per heavy atom. The number of rotatable bonds is 5. The molecule has 0 aromatic carbocycles. The molecule has 0 spiro atoms. The van der Waals surface area contributed by atoms with Gasteiger partial charge in [-0.25, -0.2) is 0 Å². The second-order valence-corrected chi connectivity index (χ2v) is 4.71. The summed E-state index contributed by atoms with van der Waals surface area (Å²) in [6.07, 6.45) is 2.51. The van der Waals surface area contributed by atoms with Crippen LogP contribution in [0.5, 0.6) is 0 Å². The molecule has 2 rings (SSSR count). The van der Waals surface area contributed by atoms with E-state index >= 15 is 0 Å². The molecule has 0 saturated carbocycles. The first-order chi connectivity index (χ1) is 8.29. The Bertz CT molecular complexity index is 377. The zero-order valence-electron chi connectivity index (χ0n) is 9.64. The van der Waals surface area contributed by atoms with Gasteiger partial charge in [-0.15, -0.1) is 10.2 Å². The summed E-state index contributed by atoms with van der Waals surface area (Å²) in [6, 6.07) is 0. The molecular formula is C10H15N3O3S. The monoisotopic (exact) mass is 257 g/mol. The van der Waals surface area contributed by atoms with Crippen molar-refractivity contribution < 1.29 is 14.3 Å². The fourth-order valence-electron chi connectivity index (χ4n) is 1.58. The molecule has 1 N–H and O–H groups in total. The van der Waals surface area contributed by atoms with Gasteiger partial charge in [0.15, 0.2) is 0 Å². The first-order valence-electron chi connectivity index (χ1n) is 5.55. The molecule has 0 radical (unpaired) electrons. The van der Waals surface area contributed by atoms with Gasteiger partial charge in [0.2, 0.25) is 5.13 Å². The van der Waals surface area contributed by atoms with Crippen LogP contribution in [0.4, 0.5) is 5.13 Å². The smallest absolute Gasteiger partial charge is 0.307 e. The zero-order chi connectivity index (χ0) is 12.1. The van der Waals surface area contributed by atoms with Gasteiger partial charge in [-0.2, -0.15) is 0 Å². The van der Waals surface area contributed by atoms with Crippen LogP contribution in [0.2, 0.25) is 0 Å². The number of esters is 1. The van der Waals surface area contributed by atoms with Crippen molar-refractivity contribution >= 4 is 22.4 Å². The Kier molecular flexibility index (Phi) is 4.27. The minimum absolute atomic E-state index is 0.101. The predicted molar refractivity (Wildman–Crippen MR) is 63.0 cm³/mol. The first kappa shape index (κ1) is 12.3. The number of hydrogen-bond donors (Lipinski definition) is 1. The maximum Gasteiger partial charge on any atom is 0.307 e. The van der Waals surface area contributed by atoms with Crippen LogP contribution in [0.15, 0.2) is 0 Å². The fourth-order valence-corrected chi connectivity index (χ4v) is 2.44. The standard InChI is InChI=1S/C10H15N3O3S/c1-15-8(14)4-5-11-10-13-12-9(17-10)7-3-2-6-16-7/h7H,2-6H2,1H3,(H,11,13). The summed E-state index contributed by atoms with van der Waals surface area (Å²) in [7, 11) is 1.38. The van der Waals surface area contributed by atoms with E-state index < -0.39 is 0 Å². The van der Waals surface area contributed by atoms with Crippen molar-refractivity contribution in [1.29, 1.82) is 0 Å². The molecule has 1 aromatic rings. The Labute approximate surface area is 103 Å². The van der Waals surface area contributed by atoms with E-state index in [1.54, 1.807) is 0 Å². The minimum Gasteiger partial charge on any atom is -0.469 e. The highest BCUT2D eigenvalue weighted by molar-refractivity contribution is 7.15. The van der Waals surface area contributed by atoms with Gasteiger partial charge in [0.25, 0.3) is 0 Å². The van der Waals surface area contributed by atoms with E-state index in [9.17, 15) is 4.79 Å². The number of anilines is 1. The van der Waals surface area contributed by atoms with Gasteiger partial charge in [-0.3, -0.25) is 4.79 Å². The molecule has 17 heavy (non-hydrogen) atoms.